The van der Waals surface area contributed by atoms with E-state index in [2.05, 4.69) is 25.8 Å². The number of hydrogen-bond donors (Lipinski definition) is 0. The molecule has 0 amide bonds. The van der Waals surface area contributed by atoms with Crippen LogP contribution in [0.15, 0.2) is 0 Å². The zero-order valence-corrected chi connectivity index (χ0v) is 7.17. The van der Waals surface area contributed by atoms with Gasteiger partial charge in [0.05, 0.1) is 0 Å². The van der Waals surface area contributed by atoms with Gasteiger partial charge in [0.15, 0.2) is 0 Å². The summed E-state index contributed by atoms with van der Waals surface area (Å²) in [6.07, 6.45) is 3.00. The predicted octanol–water partition coefficient (Wildman–Crippen LogP) is 1.74. The summed E-state index contributed by atoms with van der Waals surface area (Å²) in [7, 11) is 2.27. The lowest BCUT2D eigenvalue weighted by Gasteiger charge is -1.98. The highest BCUT2D eigenvalue weighted by molar-refractivity contribution is 5.08. The van der Waals surface area contributed by atoms with E-state index in [1.54, 1.807) is 0 Å². The Morgan fingerprint density at radius 2 is 1.90 bits per heavy atom. The lowest BCUT2D eigenvalue weighted by Crippen LogP contribution is -2.03. The molecule has 0 aromatic carbocycles. The second-order valence-electron chi connectivity index (χ2n) is 4.23. The Morgan fingerprint density at radius 1 is 1.30 bits per heavy atom. The molecule has 0 bridgehead atoms. The van der Waals surface area contributed by atoms with Crippen LogP contribution in [0, 0.1) is 11.8 Å². The van der Waals surface area contributed by atoms with E-state index < -0.39 is 0 Å². The maximum atomic E-state index is 2.54. The van der Waals surface area contributed by atoms with E-state index in [1.807, 2.05) is 0 Å². The Labute approximate surface area is 63.4 Å². The van der Waals surface area contributed by atoms with Gasteiger partial charge >= 0.3 is 0 Å². The van der Waals surface area contributed by atoms with E-state index in [0.717, 1.165) is 23.9 Å². The van der Waals surface area contributed by atoms with Crippen molar-refractivity contribution in [2.24, 2.45) is 11.8 Å². The quantitative estimate of drug-likeness (QED) is 0.527. The highest BCUT2D eigenvalue weighted by Gasteiger charge is 2.53. The van der Waals surface area contributed by atoms with Crippen LogP contribution in [-0.4, -0.2) is 24.0 Å². The van der Waals surface area contributed by atoms with Gasteiger partial charge < -0.3 is 0 Å². The van der Waals surface area contributed by atoms with Crippen molar-refractivity contribution in [3.8, 4) is 0 Å². The first kappa shape index (κ1) is 6.66. The zero-order chi connectivity index (χ0) is 7.30. The zero-order valence-electron chi connectivity index (χ0n) is 7.17. The first-order chi connectivity index (χ1) is 4.72. The van der Waals surface area contributed by atoms with Gasteiger partial charge in [-0.25, -0.2) is 0 Å². The van der Waals surface area contributed by atoms with Crippen molar-refractivity contribution < 1.29 is 0 Å². The summed E-state index contributed by atoms with van der Waals surface area (Å²) < 4.78 is 0. The van der Waals surface area contributed by atoms with Gasteiger partial charge in [-0.15, -0.1) is 0 Å². The Bertz CT molecular complexity index is 130. The predicted molar refractivity (Wildman–Crippen MR) is 42.9 cm³/mol. The molecule has 1 heterocycles. The van der Waals surface area contributed by atoms with Crippen molar-refractivity contribution in [1.82, 2.24) is 4.90 Å². The molecule has 1 saturated heterocycles. The Balaban J connectivity index is 1.90. The van der Waals surface area contributed by atoms with Crippen molar-refractivity contribution in [1.29, 1.82) is 0 Å². The largest absolute Gasteiger partial charge is 0.297 e. The van der Waals surface area contributed by atoms with Crippen molar-refractivity contribution in [2.45, 2.75) is 38.8 Å². The highest BCUT2D eigenvalue weighted by atomic mass is 15.3. The van der Waals surface area contributed by atoms with Gasteiger partial charge in [-0.05, 0) is 31.7 Å². The molecule has 1 nitrogen and oxygen atoms in total. The molecule has 0 radical (unpaired) electrons. The molecule has 1 heteroatoms. The molecule has 2 rings (SSSR count). The lowest BCUT2D eigenvalue weighted by atomic mass is 10.1. The molecule has 0 spiro atoms. The molecule has 2 aliphatic rings. The molecule has 3 atom stereocenters. The maximum Gasteiger partial charge on any atom is 0.0282 e. The summed E-state index contributed by atoms with van der Waals surface area (Å²) in [6, 6.07) is 1.90. The maximum absolute atomic E-state index is 2.54. The summed E-state index contributed by atoms with van der Waals surface area (Å²) in [5.41, 5.74) is 0. The molecule has 1 aliphatic carbocycles. The minimum Gasteiger partial charge on any atom is -0.297 e. The second kappa shape index (κ2) is 1.97. The van der Waals surface area contributed by atoms with Crippen molar-refractivity contribution in [3.63, 3.8) is 0 Å². The monoisotopic (exact) mass is 139 g/mol. The Kier molecular flexibility index (Phi) is 1.31. The lowest BCUT2D eigenvalue weighted by molar-refractivity contribution is 0.501. The fourth-order valence-corrected chi connectivity index (χ4v) is 2.30. The SMILES string of the molecule is CC(C)C1C(C2CC2)N1C. The van der Waals surface area contributed by atoms with Gasteiger partial charge in [-0.3, -0.25) is 4.90 Å². The van der Waals surface area contributed by atoms with Crippen LogP contribution in [0.1, 0.15) is 26.7 Å². The number of rotatable bonds is 2. The average Bonchev–Trinajstić information content (AvgIpc) is 2.57. The number of likely N-dealkylation sites (N-methyl/N-ethyl adjacent to an activating group) is 1. The fourth-order valence-electron chi connectivity index (χ4n) is 2.30. The first-order valence-corrected chi connectivity index (χ1v) is 4.43. The summed E-state index contributed by atoms with van der Waals surface area (Å²) in [5, 5.41) is 0. The van der Waals surface area contributed by atoms with E-state index >= 15 is 0 Å². The summed E-state index contributed by atoms with van der Waals surface area (Å²) in [6.45, 7) is 4.67. The van der Waals surface area contributed by atoms with Gasteiger partial charge in [-0.2, -0.15) is 0 Å². The van der Waals surface area contributed by atoms with Crippen LogP contribution >= 0.6 is 0 Å². The Morgan fingerprint density at radius 3 is 2.20 bits per heavy atom. The fraction of sp³-hybridized carbons (Fsp3) is 1.00. The van der Waals surface area contributed by atoms with Crippen molar-refractivity contribution in [2.75, 3.05) is 7.05 Å². The van der Waals surface area contributed by atoms with Crippen LogP contribution in [0.25, 0.3) is 0 Å². The van der Waals surface area contributed by atoms with Gasteiger partial charge in [0.25, 0.3) is 0 Å². The van der Waals surface area contributed by atoms with Crippen molar-refractivity contribution in [3.05, 3.63) is 0 Å². The van der Waals surface area contributed by atoms with E-state index in [1.165, 1.54) is 12.8 Å². The molecule has 3 unspecified atom stereocenters. The molecule has 0 aromatic heterocycles. The molecule has 58 valence electrons. The van der Waals surface area contributed by atoms with Crippen LogP contribution in [-0.2, 0) is 0 Å². The van der Waals surface area contributed by atoms with Crippen LogP contribution in [0.3, 0.4) is 0 Å². The second-order valence-corrected chi connectivity index (χ2v) is 4.23. The minimum atomic E-state index is 0.871. The van der Waals surface area contributed by atoms with E-state index in [0.29, 0.717) is 0 Å². The third-order valence-corrected chi connectivity index (χ3v) is 2.99. The molecule has 0 aromatic rings. The standard InChI is InChI=1S/C9H17N/c1-6(2)8-9(10(8)3)7-4-5-7/h6-9H,4-5H2,1-3H3. The van der Waals surface area contributed by atoms with Crippen LogP contribution in [0.5, 0.6) is 0 Å². The van der Waals surface area contributed by atoms with E-state index in [-0.39, 0.29) is 0 Å². The molecule has 10 heavy (non-hydrogen) atoms. The molecular formula is C9H17N. The third kappa shape index (κ3) is 0.878. The first-order valence-electron chi connectivity index (χ1n) is 4.43. The minimum absolute atomic E-state index is 0.871. The molecule has 1 aliphatic heterocycles. The van der Waals surface area contributed by atoms with Crippen molar-refractivity contribution >= 4 is 0 Å². The molecule has 0 N–H and O–H groups in total. The van der Waals surface area contributed by atoms with E-state index in [4.69, 9.17) is 0 Å². The summed E-state index contributed by atoms with van der Waals surface area (Å²) >= 11 is 0. The molecular weight excluding hydrogens is 122 g/mol. The van der Waals surface area contributed by atoms with Crippen LogP contribution in [0.2, 0.25) is 0 Å². The van der Waals surface area contributed by atoms with Gasteiger partial charge in [-0.1, -0.05) is 13.8 Å². The molecule has 2 fully saturated rings. The average molecular weight is 139 g/mol. The summed E-state index contributed by atoms with van der Waals surface area (Å²) in [4.78, 5) is 2.54. The van der Waals surface area contributed by atoms with Crippen LogP contribution < -0.4 is 0 Å². The van der Waals surface area contributed by atoms with E-state index in [9.17, 15) is 0 Å². The topological polar surface area (TPSA) is 3.01 Å². The molecule has 1 saturated carbocycles. The third-order valence-electron chi connectivity index (χ3n) is 2.99. The smallest absolute Gasteiger partial charge is 0.0282 e. The normalized spacial score (nSPS) is 46.2. The van der Waals surface area contributed by atoms with Crippen LogP contribution in [0.4, 0.5) is 0 Å². The summed E-state index contributed by atoms with van der Waals surface area (Å²) in [5.74, 6) is 1.95. The van der Waals surface area contributed by atoms with Gasteiger partial charge in [0.2, 0.25) is 0 Å². The number of nitrogens with zero attached hydrogens (tertiary/aromatic N) is 1. The van der Waals surface area contributed by atoms with Gasteiger partial charge in [0.1, 0.15) is 0 Å². The highest BCUT2D eigenvalue weighted by Crippen LogP contribution is 2.47. The van der Waals surface area contributed by atoms with Gasteiger partial charge in [0, 0.05) is 12.1 Å². The number of hydrogen-bond acceptors (Lipinski definition) is 1. The Hall–Kier alpha value is -0.0400.